The van der Waals surface area contributed by atoms with Crippen LogP contribution in [0.4, 0.5) is 0 Å². The largest absolute Gasteiger partial charge is 0.480 e. The lowest BCUT2D eigenvalue weighted by Gasteiger charge is -2.35. The maximum absolute atomic E-state index is 13.7. The fourth-order valence-electron chi connectivity index (χ4n) is 4.22. The molecule has 2 aliphatic heterocycles. The number of hydroxylamine groups is 1. The highest BCUT2D eigenvalue weighted by atomic mass is 32.2. The summed E-state index contributed by atoms with van der Waals surface area (Å²) in [6.45, 7) is 4.27. The molecule has 30 heavy (non-hydrogen) atoms. The van der Waals surface area contributed by atoms with E-state index in [9.17, 15) is 18.4 Å². The molecule has 1 aromatic rings. The molecule has 0 unspecified atom stereocenters. The molecule has 8 nitrogen and oxygen atoms in total. The number of carbonyl (C=O) groups is 1. The summed E-state index contributed by atoms with van der Waals surface area (Å²) >= 11 is 0. The molecule has 164 valence electrons. The zero-order chi connectivity index (χ0) is 21.6. The van der Waals surface area contributed by atoms with Gasteiger partial charge in [-0.3, -0.25) is 10.0 Å². The van der Waals surface area contributed by atoms with E-state index in [-0.39, 0.29) is 30.1 Å². The van der Waals surface area contributed by atoms with E-state index >= 15 is 0 Å². The van der Waals surface area contributed by atoms with Crippen molar-refractivity contribution in [2.24, 2.45) is 0 Å². The summed E-state index contributed by atoms with van der Waals surface area (Å²) < 4.78 is 31.5. The molecule has 3 rings (SSSR count). The molecule has 2 fully saturated rings. The molecule has 0 saturated carbocycles. The zero-order valence-corrected chi connectivity index (χ0v) is 18.0. The second-order valence-corrected chi connectivity index (χ2v) is 9.86. The van der Waals surface area contributed by atoms with Crippen LogP contribution in [-0.2, 0) is 14.6 Å². The summed E-state index contributed by atoms with van der Waals surface area (Å²) in [5.41, 5.74) is 2.58. The Kier molecular flexibility index (Phi) is 7.36. The van der Waals surface area contributed by atoms with Crippen molar-refractivity contribution in [3.63, 3.8) is 0 Å². The van der Waals surface area contributed by atoms with Crippen LogP contribution in [0.1, 0.15) is 44.1 Å². The first kappa shape index (κ1) is 22.6. The Bertz CT molecular complexity index is 924. The first-order valence-corrected chi connectivity index (χ1v) is 11.7. The molecule has 0 atom stereocenters. The number of sulfone groups is 1. The van der Waals surface area contributed by atoms with Crippen LogP contribution < -0.4 is 20.9 Å². The van der Waals surface area contributed by atoms with Gasteiger partial charge in [-0.25, -0.2) is 13.9 Å². The van der Waals surface area contributed by atoms with Crippen LogP contribution in [0.5, 0.6) is 5.75 Å². The maximum Gasteiger partial charge on any atom is 0.265 e. The van der Waals surface area contributed by atoms with Gasteiger partial charge in [0.05, 0.1) is 0 Å². The Balaban J connectivity index is 2.06. The molecule has 2 aliphatic rings. The summed E-state index contributed by atoms with van der Waals surface area (Å²) in [6.07, 6.45) is 2.05. The van der Waals surface area contributed by atoms with E-state index in [2.05, 4.69) is 22.5 Å². The predicted octanol–water partition coefficient (Wildman–Crippen LogP) is 0.957. The van der Waals surface area contributed by atoms with Gasteiger partial charge in [-0.05, 0) is 82.4 Å². The Hall–Kier alpha value is -2.12. The van der Waals surface area contributed by atoms with E-state index in [1.54, 1.807) is 18.5 Å². The summed E-state index contributed by atoms with van der Waals surface area (Å²) in [6, 6.07) is 5.12. The molecule has 0 radical (unpaired) electrons. The molecule has 1 amide bonds. The van der Waals surface area contributed by atoms with E-state index in [0.717, 1.165) is 31.5 Å². The highest BCUT2D eigenvalue weighted by Crippen LogP contribution is 2.40. The van der Waals surface area contributed by atoms with E-state index in [4.69, 9.17) is 4.74 Å². The minimum atomic E-state index is -4.15. The lowest BCUT2D eigenvalue weighted by atomic mass is 9.90. The highest BCUT2D eigenvalue weighted by molar-refractivity contribution is 7.93. The van der Waals surface area contributed by atoms with Crippen molar-refractivity contribution in [3.05, 3.63) is 23.8 Å². The van der Waals surface area contributed by atoms with Crippen molar-refractivity contribution >= 4 is 15.7 Å². The minimum Gasteiger partial charge on any atom is -0.480 e. The quantitative estimate of drug-likeness (QED) is 0.299. The van der Waals surface area contributed by atoms with Crippen molar-refractivity contribution < 1.29 is 23.2 Å². The molecule has 1 aromatic carbocycles. The number of hydrogen-bond acceptors (Lipinski definition) is 7. The minimum absolute atomic E-state index is 0.0383. The standard InChI is InChI=1S/C21H29N3O5S/c1-2-3-14-29-18-15-17(16-6-10-22-11-7-16)4-5-19(18)30(27,28)21(20(25)24-26)8-12-23-13-9-21/h4-5,15-16,22-23,26H,6-14H2,1H3,(H,24,25). The summed E-state index contributed by atoms with van der Waals surface area (Å²) in [5, 5.41) is 15.7. The summed E-state index contributed by atoms with van der Waals surface area (Å²) in [7, 11) is -4.15. The van der Waals surface area contributed by atoms with E-state index in [1.165, 1.54) is 6.07 Å². The van der Waals surface area contributed by atoms with Crippen LogP contribution in [0.15, 0.2) is 23.1 Å². The molecular weight excluding hydrogens is 406 g/mol. The first-order chi connectivity index (χ1) is 14.5. The third-order valence-electron chi connectivity index (χ3n) is 5.99. The molecule has 2 saturated heterocycles. The highest BCUT2D eigenvalue weighted by Gasteiger charge is 2.52. The molecule has 0 aromatic heterocycles. The van der Waals surface area contributed by atoms with Crippen molar-refractivity contribution in [3.8, 4) is 17.6 Å². The second-order valence-electron chi connectivity index (χ2n) is 7.63. The second kappa shape index (κ2) is 9.79. The van der Waals surface area contributed by atoms with Gasteiger partial charge >= 0.3 is 0 Å². The number of piperidine rings is 2. The molecule has 0 bridgehead atoms. The molecular formula is C21H29N3O5S. The number of carbonyl (C=O) groups excluding carboxylic acids is 1. The Morgan fingerprint density at radius 3 is 2.53 bits per heavy atom. The molecule has 0 spiro atoms. The number of hydrogen-bond donors (Lipinski definition) is 4. The van der Waals surface area contributed by atoms with Crippen LogP contribution >= 0.6 is 0 Å². The van der Waals surface area contributed by atoms with E-state index < -0.39 is 20.5 Å². The SMILES string of the molecule is CC#CCOc1cc(C2CCNCC2)ccc1S(=O)(=O)C1(C(=O)NO)CCNCC1. The van der Waals surface area contributed by atoms with Crippen molar-refractivity contribution in [1.82, 2.24) is 16.1 Å². The van der Waals surface area contributed by atoms with Crippen LogP contribution in [0, 0.1) is 11.8 Å². The van der Waals surface area contributed by atoms with Crippen LogP contribution in [0.2, 0.25) is 0 Å². The average molecular weight is 436 g/mol. The maximum atomic E-state index is 13.7. The topological polar surface area (TPSA) is 117 Å². The van der Waals surface area contributed by atoms with Crippen molar-refractivity contribution in [1.29, 1.82) is 0 Å². The molecule has 0 aliphatic carbocycles. The Morgan fingerprint density at radius 2 is 1.90 bits per heavy atom. The smallest absolute Gasteiger partial charge is 0.265 e. The van der Waals surface area contributed by atoms with E-state index in [1.807, 2.05) is 6.07 Å². The third kappa shape index (κ3) is 4.32. The van der Waals surface area contributed by atoms with Gasteiger partial charge in [0.15, 0.2) is 14.6 Å². The van der Waals surface area contributed by atoms with Gasteiger partial charge in [-0.2, -0.15) is 0 Å². The average Bonchev–Trinajstić information content (AvgIpc) is 2.79. The molecule has 4 N–H and O–H groups in total. The Morgan fingerprint density at radius 1 is 1.23 bits per heavy atom. The van der Waals surface area contributed by atoms with Crippen LogP contribution in [0.3, 0.4) is 0 Å². The fraction of sp³-hybridized carbons (Fsp3) is 0.571. The van der Waals surface area contributed by atoms with Gasteiger partial charge < -0.3 is 15.4 Å². The fourth-order valence-corrected chi connectivity index (χ4v) is 6.30. The monoisotopic (exact) mass is 435 g/mol. The van der Waals surface area contributed by atoms with E-state index in [0.29, 0.717) is 19.0 Å². The molecule has 9 heteroatoms. The lowest BCUT2D eigenvalue weighted by Crippen LogP contribution is -2.57. The third-order valence-corrected chi connectivity index (χ3v) is 8.52. The predicted molar refractivity (Wildman–Crippen MR) is 112 cm³/mol. The summed E-state index contributed by atoms with van der Waals surface area (Å²) in [5.74, 6) is 5.14. The number of nitrogens with one attached hydrogen (secondary N) is 3. The van der Waals surface area contributed by atoms with Gasteiger partial charge in [-0.15, -0.1) is 5.92 Å². The Labute approximate surface area is 177 Å². The van der Waals surface area contributed by atoms with Gasteiger partial charge in [0.1, 0.15) is 17.3 Å². The number of benzene rings is 1. The van der Waals surface area contributed by atoms with Crippen LogP contribution in [-0.4, -0.2) is 57.1 Å². The van der Waals surface area contributed by atoms with Crippen molar-refractivity contribution in [2.45, 2.75) is 48.2 Å². The molecule has 2 heterocycles. The summed E-state index contributed by atoms with van der Waals surface area (Å²) in [4.78, 5) is 12.5. The van der Waals surface area contributed by atoms with Crippen molar-refractivity contribution in [2.75, 3.05) is 32.8 Å². The van der Waals surface area contributed by atoms with Crippen LogP contribution in [0.25, 0.3) is 0 Å². The normalized spacial score (nSPS) is 19.4. The van der Waals surface area contributed by atoms with Gasteiger partial charge in [-0.1, -0.05) is 12.0 Å². The first-order valence-electron chi connectivity index (χ1n) is 10.2. The lowest BCUT2D eigenvalue weighted by molar-refractivity contribution is -0.132. The van der Waals surface area contributed by atoms with Gasteiger partial charge in [0.2, 0.25) is 0 Å². The number of amides is 1. The van der Waals surface area contributed by atoms with Gasteiger partial charge in [0.25, 0.3) is 5.91 Å². The van der Waals surface area contributed by atoms with Gasteiger partial charge in [0, 0.05) is 0 Å². The number of ether oxygens (including phenoxy) is 1. The number of rotatable bonds is 6. The zero-order valence-electron chi connectivity index (χ0n) is 17.2.